The van der Waals surface area contributed by atoms with Crippen molar-refractivity contribution in [2.75, 3.05) is 13.1 Å². The highest BCUT2D eigenvalue weighted by molar-refractivity contribution is 7.89. The summed E-state index contributed by atoms with van der Waals surface area (Å²) in [7, 11) is -3.59. The molecule has 0 aromatic heterocycles. The van der Waals surface area contributed by atoms with Crippen molar-refractivity contribution in [1.29, 1.82) is 5.26 Å². The second-order valence-corrected chi connectivity index (χ2v) is 12.0. The number of rotatable bonds is 11. The van der Waals surface area contributed by atoms with Crippen LogP contribution in [-0.4, -0.2) is 49.8 Å². The molecule has 2 N–H and O–H groups in total. The topological polar surface area (TPSA) is 102 Å². The van der Waals surface area contributed by atoms with Crippen LogP contribution in [0.2, 0.25) is 0 Å². The van der Waals surface area contributed by atoms with E-state index in [4.69, 9.17) is 0 Å². The van der Waals surface area contributed by atoms with Crippen LogP contribution in [0.3, 0.4) is 0 Å². The zero-order valence-corrected chi connectivity index (χ0v) is 22.2. The molecule has 2 bridgehead atoms. The van der Waals surface area contributed by atoms with Crippen LogP contribution in [0.4, 0.5) is 4.39 Å². The van der Waals surface area contributed by atoms with Crippen molar-refractivity contribution in [3.05, 3.63) is 53.8 Å². The first kappa shape index (κ1) is 27.2. The molecule has 1 saturated carbocycles. The van der Waals surface area contributed by atoms with Crippen molar-refractivity contribution in [1.82, 2.24) is 14.9 Å². The van der Waals surface area contributed by atoms with Crippen LogP contribution in [-0.2, 0) is 21.2 Å². The van der Waals surface area contributed by atoms with Crippen LogP contribution >= 0.6 is 0 Å². The van der Waals surface area contributed by atoms with Gasteiger partial charge < -0.3 is 10.6 Å². The highest BCUT2D eigenvalue weighted by Crippen LogP contribution is 2.35. The Bertz CT molecular complexity index is 1250. The number of halogens is 1. The SMILES string of the molecule is CCCN(CCC)S(=O)(=O)c1ccc(-c2ccc(CC(C#N)NC(=O)C3NC4CCC3C4)c(F)c2)cc1. The molecule has 0 radical (unpaired) electrons. The van der Waals surface area contributed by atoms with Crippen molar-refractivity contribution < 1.29 is 17.6 Å². The van der Waals surface area contributed by atoms with Gasteiger partial charge in [0.05, 0.1) is 17.0 Å². The van der Waals surface area contributed by atoms with E-state index in [0.29, 0.717) is 41.7 Å². The summed E-state index contributed by atoms with van der Waals surface area (Å²) in [5, 5.41) is 15.7. The fourth-order valence-electron chi connectivity index (χ4n) is 5.47. The van der Waals surface area contributed by atoms with Crippen molar-refractivity contribution in [2.45, 2.75) is 75.4 Å². The van der Waals surface area contributed by atoms with E-state index in [1.165, 1.54) is 10.4 Å². The predicted octanol–water partition coefficient (Wildman–Crippen LogP) is 3.99. The van der Waals surface area contributed by atoms with Gasteiger partial charge >= 0.3 is 0 Å². The van der Waals surface area contributed by atoms with E-state index in [2.05, 4.69) is 16.7 Å². The molecule has 37 heavy (non-hydrogen) atoms. The monoisotopic (exact) mass is 526 g/mol. The molecule has 1 aliphatic heterocycles. The van der Waals surface area contributed by atoms with E-state index >= 15 is 4.39 Å². The van der Waals surface area contributed by atoms with E-state index in [9.17, 15) is 18.5 Å². The van der Waals surface area contributed by atoms with Crippen LogP contribution < -0.4 is 10.6 Å². The zero-order valence-electron chi connectivity index (χ0n) is 21.4. The van der Waals surface area contributed by atoms with Gasteiger partial charge in [-0.3, -0.25) is 4.79 Å². The number of piperidine rings is 1. The van der Waals surface area contributed by atoms with E-state index in [1.807, 2.05) is 13.8 Å². The lowest BCUT2D eigenvalue weighted by molar-refractivity contribution is -0.124. The summed E-state index contributed by atoms with van der Waals surface area (Å²) in [6, 6.07) is 12.6. The zero-order chi connectivity index (χ0) is 26.6. The Hall–Kier alpha value is -2.80. The van der Waals surface area contributed by atoms with Gasteiger partial charge in [0.15, 0.2) is 0 Å². The normalized spacial score (nSPS) is 21.6. The Morgan fingerprint density at radius 2 is 1.81 bits per heavy atom. The van der Waals surface area contributed by atoms with Crippen molar-refractivity contribution >= 4 is 15.9 Å². The van der Waals surface area contributed by atoms with E-state index in [-0.39, 0.29) is 23.3 Å². The molecule has 4 rings (SSSR count). The fraction of sp³-hybridized carbons (Fsp3) is 0.500. The lowest BCUT2D eigenvalue weighted by Crippen LogP contribution is -2.50. The first-order valence-corrected chi connectivity index (χ1v) is 14.6. The number of nitriles is 1. The lowest BCUT2D eigenvalue weighted by Gasteiger charge is -2.23. The number of nitrogens with one attached hydrogen (secondary N) is 2. The molecule has 0 spiro atoms. The number of carbonyl (C=O) groups is 1. The number of nitrogens with zero attached hydrogens (tertiary/aromatic N) is 2. The molecular weight excluding hydrogens is 491 g/mol. The Morgan fingerprint density at radius 1 is 1.14 bits per heavy atom. The largest absolute Gasteiger partial charge is 0.339 e. The summed E-state index contributed by atoms with van der Waals surface area (Å²) < 4.78 is 42.5. The Morgan fingerprint density at radius 3 is 2.35 bits per heavy atom. The van der Waals surface area contributed by atoms with Gasteiger partial charge in [0.25, 0.3) is 0 Å². The van der Waals surface area contributed by atoms with Crippen molar-refractivity contribution in [2.24, 2.45) is 5.92 Å². The minimum absolute atomic E-state index is 0.0665. The van der Waals surface area contributed by atoms with Crippen molar-refractivity contribution in [3.63, 3.8) is 0 Å². The summed E-state index contributed by atoms with van der Waals surface area (Å²) in [4.78, 5) is 12.9. The standard InChI is InChI=1S/C28H35FN4O3S/c1-3-13-33(14-4-2)37(35,36)25-11-8-19(9-12-25)20-5-6-21(26(29)17-20)15-24(18-30)32-28(34)27-22-7-10-23(16-22)31-27/h5-6,8-9,11-12,17,22-24,27,31H,3-4,7,10,13-16H2,1-2H3,(H,32,34). The molecule has 4 unspecified atom stereocenters. The fourth-order valence-corrected chi connectivity index (χ4v) is 7.10. The maximum atomic E-state index is 15.0. The highest BCUT2D eigenvalue weighted by atomic mass is 32.2. The van der Waals surface area contributed by atoms with Crippen LogP contribution in [0.15, 0.2) is 47.4 Å². The minimum Gasteiger partial charge on any atom is -0.339 e. The average Bonchev–Trinajstić information content (AvgIpc) is 3.53. The molecule has 198 valence electrons. The first-order chi connectivity index (χ1) is 17.8. The van der Waals surface area contributed by atoms with E-state index in [0.717, 1.165) is 32.1 Å². The highest BCUT2D eigenvalue weighted by Gasteiger charge is 2.43. The van der Waals surface area contributed by atoms with Gasteiger partial charge in [-0.25, -0.2) is 12.8 Å². The predicted molar refractivity (Wildman–Crippen MR) is 140 cm³/mol. The first-order valence-electron chi connectivity index (χ1n) is 13.1. The smallest absolute Gasteiger partial charge is 0.243 e. The molecule has 2 fully saturated rings. The molecule has 7 nitrogen and oxygen atoms in total. The second kappa shape index (κ2) is 11.7. The van der Waals surface area contributed by atoms with Gasteiger partial charge in [0.1, 0.15) is 11.9 Å². The number of sulfonamides is 1. The van der Waals surface area contributed by atoms with E-state index in [1.54, 1.807) is 36.4 Å². The molecule has 2 aromatic rings. The van der Waals surface area contributed by atoms with E-state index < -0.39 is 21.9 Å². The molecule has 9 heteroatoms. The number of carbonyl (C=O) groups excluding carboxylic acids is 1. The minimum atomic E-state index is -3.59. The van der Waals surface area contributed by atoms with Gasteiger partial charge in [-0.1, -0.05) is 38.1 Å². The second-order valence-electron chi connectivity index (χ2n) is 10.0. The third-order valence-corrected chi connectivity index (χ3v) is 9.28. The molecule has 2 aromatic carbocycles. The van der Waals surface area contributed by atoms with Crippen LogP contribution in [0.25, 0.3) is 11.1 Å². The molecule has 1 aliphatic carbocycles. The number of hydrogen-bond acceptors (Lipinski definition) is 5. The summed E-state index contributed by atoms with van der Waals surface area (Å²) in [5.74, 6) is -0.357. The van der Waals surface area contributed by atoms with Crippen molar-refractivity contribution in [3.8, 4) is 17.2 Å². The number of fused-ring (bicyclic) bond motifs is 2. The Labute approximate surface area is 219 Å². The molecule has 4 atom stereocenters. The molecule has 2 aliphatic rings. The third-order valence-electron chi connectivity index (χ3n) is 7.36. The Balaban J connectivity index is 1.43. The van der Waals surface area contributed by atoms with Crippen LogP contribution in [0.5, 0.6) is 0 Å². The number of benzene rings is 2. The summed E-state index contributed by atoms with van der Waals surface area (Å²) >= 11 is 0. The van der Waals surface area contributed by atoms with Gasteiger partial charge in [-0.2, -0.15) is 9.57 Å². The number of amides is 1. The van der Waals surface area contributed by atoms with Gasteiger partial charge in [0, 0.05) is 25.6 Å². The summed E-state index contributed by atoms with van der Waals surface area (Å²) in [6.45, 7) is 4.82. The van der Waals surface area contributed by atoms with Gasteiger partial charge in [0.2, 0.25) is 15.9 Å². The molecule has 1 saturated heterocycles. The van der Waals surface area contributed by atoms with Gasteiger partial charge in [-0.05, 0) is 72.9 Å². The quantitative estimate of drug-likeness (QED) is 0.461. The third kappa shape index (κ3) is 6.03. The van der Waals surface area contributed by atoms with Crippen LogP contribution in [0, 0.1) is 23.1 Å². The maximum Gasteiger partial charge on any atom is 0.243 e. The summed E-state index contributed by atoms with van der Waals surface area (Å²) in [6.07, 6.45) is 4.63. The molecule has 1 amide bonds. The summed E-state index contributed by atoms with van der Waals surface area (Å²) in [5.41, 5.74) is 1.63. The molecular formula is C28H35FN4O3S. The maximum absolute atomic E-state index is 15.0. The Kier molecular flexibility index (Phi) is 8.63. The van der Waals surface area contributed by atoms with Crippen LogP contribution in [0.1, 0.15) is 51.5 Å². The average molecular weight is 527 g/mol. The lowest BCUT2D eigenvalue weighted by atomic mass is 9.98. The number of hydrogen-bond donors (Lipinski definition) is 2. The molecule has 1 heterocycles. The van der Waals surface area contributed by atoms with Gasteiger partial charge in [-0.15, -0.1) is 0 Å².